The van der Waals surface area contributed by atoms with Gasteiger partial charge < -0.3 is 24.2 Å². The number of pyridine rings is 1. The van der Waals surface area contributed by atoms with Gasteiger partial charge in [-0.2, -0.15) is 0 Å². The predicted molar refractivity (Wildman–Crippen MR) is 163 cm³/mol. The first-order valence-corrected chi connectivity index (χ1v) is 14.4. The number of fused-ring (bicyclic) bond motifs is 1. The van der Waals surface area contributed by atoms with Gasteiger partial charge in [0.05, 0.1) is 24.9 Å². The van der Waals surface area contributed by atoms with E-state index in [-0.39, 0.29) is 25.1 Å². The molecule has 4 aromatic rings. The lowest BCUT2D eigenvalue weighted by Gasteiger charge is -2.23. The molecule has 1 atom stereocenters. The van der Waals surface area contributed by atoms with E-state index in [4.69, 9.17) is 14.0 Å². The van der Waals surface area contributed by atoms with Gasteiger partial charge in [0.25, 0.3) is 5.91 Å². The number of aromatic nitrogens is 1. The van der Waals surface area contributed by atoms with Gasteiger partial charge in [-0.3, -0.25) is 14.6 Å². The summed E-state index contributed by atoms with van der Waals surface area (Å²) < 4.78 is 10.6. The average Bonchev–Trinajstić information content (AvgIpc) is 3.46. The number of ether oxygens (including phenoxy) is 1. The van der Waals surface area contributed by atoms with Gasteiger partial charge in [0.15, 0.2) is 0 Å². The van der Waals surface area contributed by atoms with Crippen molar-refractivity contribution in [3.05, 3.63) is 100 Å². The normalized spacial score (nSPS) is 15.5. The molecule has 10 nitrogen and oxygen atoms in total. The molecular formula is C33H34N4O6. The topological polar surface area (TPSA) is 123 Å². The van der Waals surface area contributed by atoms with Crippen molar-refractivity contribution in [2.75, 3.05) is 19.0 Å². The molecule has 0 spiro atoms. The molecule has 5 rings (SSSR count). The van der Waals surface area contributed by atoms with Gasteiger partial charge in [-0.25, -0.2) is 4.79 Å². The number of aryl methyl sites for hydroxylation is 1. The third kappa shape index (κ3) is 7.27. The number of unbranched alkanes of at least 4 members (excludes halogenated alkanes) is 2. The molecule has 0 unspecified atom stereocenters. The fourth-order valence-electron chi connectivity index (χ4n) is 4.97. The number of likely N-dealkylation sites (tertiary alicyclic amines) is 1. The van der Waals surface area contributed by atoms with Crippen LogP contribution in [0, 0.1) is 0 Å². The highest BCUT2D eigenvalue weighted by atomic mass is 16.6. The summed E-state index contributed by atoms with van der Waals surface area (Å²) in [6.45, 7) is 2.32. The zero-order valence-electron chi connectivity index (χ0n) is 24.2. The molecule has 1 fully saturated rings. The third-order valence-corrected chi connectivity index (χ3v) is 7.31. The summed E-state index contributed by atoms with van der Waals surface area (Å²) in [7, 11) is 1.60. The Morgan fingerprint density at radius 2 is 1.93 bits per heavy atom. The van der Waals surface area contributed by atoms with Crippen molar-refractivity contribution in [2.45, 2.75) is 51.7 Å². The van der Waals surface area contributed by atoms with Crippen LogP contribution >= 0.6 is 0 Å². The largest absolute Gasteiger partial charge is 0.497 e. The standard InChI is InChI=1S/C33H34N4O6/c1-3-4-5-8-27-14-15-28(33(40)43-27)32(39)37-20-25(36-42-21-22-9-12-26(41-2)13-10-22)19-30(37)31(38)35-24-11-16-29-23(18-24)7-6-17-34-29/h6-7,9-18,30H,3-5,8,19-21H2,1-2H3,(H,35,38)/b36-25+/t30-/m0/s1. The minimum Gasteiger partial charge on any atom is -0.497 e. The van der Waals surface area contributed by atoms with E-state index < -0.39 is 23.5 Å². The molecule has 1 aliphatic heterocycles. The predicted octanol–water partition coefficient (Wildman–Crippen LogP) is 5.36. The molecule has 1 saturated heterocycles. The molecule has 0 saturated carbocycles. The van der Waals surface area contributed by atoms with Crippen molar-refractivity contribution in [1.82, 2.24) is 9.88 Å². The Hall–Kier alpha value is -4.99. The van der Waals surface area contributed by atoms with Crippen LogP contribution < -0.4 is 15.7 Å². The lowest BCUT2D eigenvalue weighted by molar-refractivity contribution is -0.119. The van der Waals surface area contributed by atoms with E-state index in [1.807, 2.05) is 48.5 Å². The van der Waals surface area contributed by atoms with Gasteiger partial charge in [-0.15, -0.1) is 0 Å². The van der Waals surface area contributed by atoms with E-state index >= 15 is 0 Å². The molecule has 1 aliphatic rings. The molecule has 0 aliphatic carbocycles. The third-order valence-electron chi connectivity index (χ3n) is 7.31. The number of rotatable bonds is 11. The van der Waals surface area contributed by atoms with Crippen LogP contribution in [-0.2, 0) is 22.7 Å². The molecule has 43 heavy (non-hydrogen) atoms. The molecule has 3 heterocycles. The Labute approximate surface area is 249 Å². The summed E-state index contributed by atoms with van der Waals surface area (Å²) in [6, 6.07) is 18.7. The molecule has 0 radical (unpaired) electrons. The van der Waals surface area contributed by atoms with Crippen LogP contribution in [-0.4, -0.2) is 47.1 Å². The maximum absolute atomic E-state index is 13.7. The maximum Gasteiger partial charge on any atom is 0.348 e. The van der Waals surface area contributed by atoms with E-state index in [1.54, 1.807) is 25.4 Å². The summed E-state index contributed by atoms with van der Waals surface area (Å²) in [5.41, 5.74) is 1.90. The van der Waals surface area contributed by atoms with Gasteiger partial charge in [0.1, 0.15) is 29.7 Å². The molecule has 2 amide bonds. The number of amides is 2. The second-order valence-electron chi connectivity index (χ2n) is 10.4. The van der Waals surface area contributed by atoms with Crippen molar-refractivity contribution in [3.63, 3.8) is 0 Å². The highest BCUT2D eigenvalue weighted by Crippen LogP contribution is 2.23. The number of oxime groups is 1. The lowest BCUT2D eigenvalue weighted by Crippen LogP contribution is -2.44. The number of methoxy groups -OCH3 is 1. The number of carbonyl (C=O) groups is 2. The quantitative estimate of drug-likeness (QED) is 0.187. The van der Waals surface area contributed by atoms with E-state index in [9.17, 15) is 14.4 Å². The second-order valence-corrected chi connectivity index (χ2v) is 10.4. The van der Waals surface area contributed by atoms with Crippen molar-refractivity contribution in [2.24, 2.45) is 5.16 Å². The number of hydrogen-bond donors (Lipinski definition) is 1. The Morgan fingerprint density at radius 3 is 2.70 bits per heavy atom. The van der Waals surface area contributed by atoms with Crippen LogP contribution in [0.1, 0.15) is 54.3 Å². The summed E-state index contributed by atoms with van der Waals surface area (Å²) >= 11 is 0. The lowest BCUT2D eigenvalue weighted by atomic mass is 10.1. The number of nitrogens with one attached hydrogen (secondary N) is 1. The van der Waals surface area contributed by atoms with Crippen LogP contribution in [0.15, 0.2) is 87.3 Å². The first kappa shape index (κ1) is 29.5. The van der Waals surface area contributed by atoms with E-state index in [0.29, 0.717) is 23.6 Å². The summed E-state index contributed by atoms with van der Waals surface area (Å²) in [5.74, 6) is 0.260. The molecule has 2 aromatic carbocycles. The summed E-state index contributed by atoms with van der Waals surface area (Å²) in [6.07, 6.45) is 5.43. The number of nitrogens with zero attached hydrogens (tertiary/aromatic N) is 3. The van der Waals surface area contributed by atoms with E-state index in [1.165, 1.54) is 11.0 Å². The zero-order valence-corrected chi connectivity index (χ0v) is 24.2. The average molecular weight is 583 g/mol. The number of benzene rings is 2. The maximum atomic E-state index is 13.7. The van der Waals surface area contributed by atoms with Crippen LogP contribution in [0.25, 0.3) is 10.9 Å². The number of hydrogen-bond acceptors (Lipinski definition) is 8. The van der Waals surface area contributed by atoms with E-state index in [2.05, 4.69) is 22.4 Å². The zero-order chi connectivity index (χ0) is 30.2. The first-order chi connectivity index (χ1) is 20.9. The van der Waals surface area contributed by atoms with Gasteiger partial charge >= 0.3 is 5.63 Å². The van der Waals surface area contributed by atoms with Gasteiger partial charge in [-0.05, 0) is 60.5 Å². The second kappa shape index (κ2) is 13.8. The van der Waals surface area contributed by atoms with Crippen LogP contribution in [0.4, 0.5) is 5.69 Å². The Bertz CT molecular complexity index is 1680. The van der Waals surface area contributed by atoms with Crippen molar-refractivity contribution in [3.8, 4) is 5.75 Å². The smallest absolute Gasteiger partial charge is 0.348 e. The fourth-order valence-corrected chi connectivity index (χ4v) is 4.97. The SMILES string of the molecule is CCCCCc1ccc(C(=O)N2C/C(=N/OCc3ccc(OC)cc3)C[C@H]2C(=O)Nc2ccc3ncccc3c2)c(=O)o1. The van der Waals surface area contributed by atoms with Crippen molar-refractivity contribution >= 4 is 34.1 Å². The van der Waals surface area contributed by atoms with Gasteiger partial charge in [0.2, 0.25) is 5.91 Å². The van der Waals surface area contributed by atoms with Crippen LogP contribution in [0.3, 0.4) is 0 Å². The Balaban J connectivity index is 1.35. The Morgan fingerprint density at radius 1 is 1.09 bits per heavy atom. The minimum absolute atomic E-state index is 0.0267. The molecule has 0 bridgehead atoms. The molecule has 1 N–H and O–H groups in total. The highest BCUT2D eigenvalue weighted by Gasteiger charge is 2.39. The van der Waals surface area contributed by atoms with Gasteiger partial charge in [0, 0.05) is 30.1 Å². The van der Waals surface area contributed by atoms with Crippen LogP contribution in [0.5, 0.6) is 5.75 Å². The number of carbonyl (C=O) groups excluding carboxylic acids is 2. The Kier molecular flexibility index (Phi) is 9.46. The molecule has 10 heteroatoms. The van der Waals surface area contributed by atoms with Crippen LogP contribution in [0.2, 0.25) is 0 Å². The first-order valence-electron chi connectivity index (χ1n) is 14.4. The minimum atomic E-state index is -0.913. The molecule has 2 aromatic heterocycles. The van der Waals surface area contributed by atoms with Gasteiger partial charge in [-0.1, -0.05) is 43.1 Å². The van der Waals surface area contributed by atoms with Crippen molar-refractivity contribution < 1.29 is 23.6 Å². The number of anilines is 1. The molecular weight excluding hydrogens is 548 g/mol. The summed E-state index contributed by atoms with van der Waals surface area (Å²) in [5, 5.41) is 8.02. The van der Waals surface area contributed by atoms with E-state index in [0.717, 1.165) is 41.5 Å². The highest BCUT2D eigenvalue weighted by molar-refractivity contribution is 6.08. The molecule has 222 valence electrons. The van der Waals surface area contributed by atoms with Crippen molar-refractivity contribution in [1.29, 1.82) is 0 Å². The summed E-state index contributed by atoms with van der Waals surface area (Å²) in [4.78, 5) is 51.3. The monoisotopic (exact) mass is 582 g/mol. The fraction of sp³-hybridized carbons (Fsp3) is 0.303.